The number of carbonyl (C=O) groups excluding carboxylic acids is 10. The third kappa shape index (κ3) is 27.1. The zero-order valence-electron chi connectivity index (χ0n) is 86.0. The van der Waals surface area contributed by atoms with Gasteiger partial charge in [-0.3, -0.25) is 68.0 Å². The summed E-state index contributed by atoms with van der Waals surface area (Å²) in [6, 6.07) is -1.48. The topological polar surface area (TPSA) is 629 Å². The number of aliphatic hydroxyl groups excluding tert-OH is 1. The molecule has 1 N–H and O–H groups in total. The van der Waals surface area contributed by atoms with Crippen LogP contribution < -0.4 is 68.3 Å². The van der Waals surface area contributed by atoms with Crippen LogP contribution in [0.15, 0.2) is 57.5 Å². The summed E-state index contributed by atoms with van der Waals surface area (Å²) in [6.07, 6.45) is 2.27. The standard InChI is InChI=1S/C43H68N10O19.C28H42N6O14.C16H30N4O6/c1-9-11-24-71-32(55)14-19-46-36(59)45(18-13-31(54)69-8)37(60)47(38(46)61)20-15-33(56)72-26-22-49-35(58)44(34(57)48(39(49)62)21-25-65-4)17-12-23-70-30-51-41(64)53(29-68-7)43(16-10-2)42(51,3)50(27-66-5)40(63)52(43)28-67-6;1-4-5-17-47-21(37)8-12-31-25(41)30(11-7-20(36)46-3)26(42)32(27(31)43)13-9-22(38)48-19-15-34-24(40)29(10-6-16-35)23(39)33(28(34)44)14-18-45-2;1-7-8-16-15(2,17(9-23-3)13(21)19(16)11-25-5)18(10-24-4)14(22)20(16)12-26-6/h9-30H2,1-8H3;35H,4-19H2,1-3H3;7-12H2,1-6H3. The Hall–Kier alpha value is -12.9. The summed E-state index contributed by atoms with van der Waals surface area (Å²) in [6.45, 7) is 4.44. The van der Waals surface area contributed by atoms with E-state index in [1.807, 2.05) is 34.6 Å². The second kappa shape index (κ2) is 58.4. The van der Waals surface area contributed by atoms with Crippen molar-refractivity contribution in [2.45, 2.75) is 245 Å². The number of aromatic nitrogens is 12. The van der Waals surface area contributed by atoms with Crippen LogP contribution in [0.4, 0.5) is 19.2 Å². The van der Waals surface area contributed by atoms with E-state index in [9.17, 15) is 105 Å². The fourth-order valence-electron chi connectivity index (χ4n) is 17.4. The van der Waals surface area contributed by atoms with E-state index >= 15 is 0 Å². The number of aliphatic hydroxyl groups is 1. The van der Waals surface area contributed by atoms with Gasteiger partial charge in [-0.1, -0.05) is 53.4 Å². The zero-order chi connectivity index (χ0) is 109. The quantitative estimate of drug-likeness (QED) is 0.0249. The van der Waals surface area contributed by atoms with E-state index in [4.69, 9.17) is 71.4 Å². The number of hydrogen-bond acceptors (Lipinski definition) is 39. The Morgan fingerprint density at radius 2 is 0.445 bits per heavy atom. The van der Waals surface area contributed by atoms with Gasteiger partial charge in [-0.15, -0.1) is 0 Å². The van der Waals surface area contributed by atoms with Gasteiger partial charge >= 0.3 is 128 Å². The molecule has 59 heteroatoms. The second-order valence-electron chi connectivity index (χ2n) is 33.6. The van der Waals surface area contributed by atoms with E-state index in [1.165, 1.54) is 83.6 Å². The highest BCUT2D eigenvalue weighted by Crippen LogP contribution is 2.55. The third-order valence-electron chi connectivity index (χ3n) is 24.6. The molecule has 4 aliphatic rings. The molecule has 822 valence electrons. The fraction of sp³-hybridized carbons (Fsp3) is 0.747. The Bertz CT molecular complexity index is 5820. The van der Waals surface area contributed by atoms with Crippen molar-refractivity contribution < 1.29 is 129 Å². The zero-order valence-corrected chi connectivity index (χ0v) is 86.0. The molecular weight excluding hydrogens is 1950 g/mol. The van der Waals surface area contributed by atoms with Crippen LogP contribution in [-0.4, -0.2) is 367 Å². The lowest BCUT2D eigenvalue weighted by atomic mass is 9.89. The molecule has 8 heterocycles. The second-order valence-corrected chi connectivity index (χ2v) is 33.6. The number of amides is 8. The normalized spacial score (nSPS) is 17.4. The highest BCUT2D eigenvalue weighted by molar-refractivity contribution is 5.89. The van der Waals surface area contributed by atoms with Crippen molar-refractivity contribution in [2.24, 2.45) is 0 Å². The molecule has 0 spiro atoms. The van der Waals surface area contributed by atoms with Gasteiger partial charge in [0, 0.05) is 123 Å². The maximum absolute atomic E-state index is 14.2. The molecule has 0 saturated carbocycles. The summed E-state index contributed by atoms with van der Waals surface area (Å²) < 4.78 is 91.3. The largest absolute Gasteiger partial charge is 0.469 e. The van der Waals surface area contributed by atoms with Gasteiger partial charge in [0.25, 0.3) is 0 Å². The van der Waals surface area contributed by atoms with Gasteiger partial charge in [0.1, 0.15) is 67.1 Å². The van der Waals surface area contributed by atoms with Crippen molar-refractivity contribution in [3.63, 3.8) is 0 Å². The maximum Gasteiger partial charge on any atom is 0.336 e. The average Bonchev–Trinajstić information content (AvgIpc) is 1.50. The number of unbranched alkanes of at least 4 members (excludes halogenated alkanes) is 2. The Morgan fingerprint density at radius 3 is 0.671 bits per heavy atom. The Kier molecular flexibility index (Phi) is 48.8. The number of ether oxygens (including phenoxy) is 16. The molecule has 4 aromatic rings. The van der Waals surface area contributed by atoms with Crippen molar-refractivity contribution in [3.05, 3.63) is 126 Å². The number of esters is 6. The Balaban J connectivity index is 0.000000375. The molecule has 8 rings (SSSR count). The summed E-state index contributed by atoms with van der Waals surface area (Å²) in [7, 11) is 15.3. The average molecular weight is 2090 g/mol. The van der Waals surface area contributed by atoms with E-state index in [-0.39, 0.29) is 157 Å². The SMILES string of the molecule is CCCC12N(COC)C(=O)N(COC)C1(C)N(COC)C(=O)N2COC.CCCCOC(=O)CCn1c(=O)n(CCC(=O)OC)c(=O)n(CCC(=O)OCCn2c(=O)n(CCCO)c(=O)n(CCOC)c2=O)c1=O.CCCCOC(=O)CCn1c(=O)n(CCC(=O)OC)c(=O)n(CCC(=O)OCCn2c(=O)n(CCCOCN3C(=O)N(COC)C4(CCC)N(COC)C(=O)N(COC)C34C)c(=O)n(CCOC)c2=O)c1=O. The Labute approximate surface area is 835 Å². The van der Waals surface area contributed by atoms with Crippen molar-refractivity contribution in [1.29, 1.82) is 0 Å². The number of rotatable bonds is 63. The first kappa shape index (κ1) is 122. The van der Waals surface area contributed by atoms with Crippen molar-refractivity contribution in [2.75, 3.05) is 185 Å². The molecule has 146 heavy (non-hydrogen) atoms. The van der Waals surface area contributed by atoms with Crippen LogP contribution in [0.2, 0.25) is 0 Å². The van der Waals surface area contributed by atoms with E-state index in [0.717, 1.165) is 51.8 Å². The van der Waals surface area contributed by atoms with Gasteiger partial charge in [0.2, 0.25) is 0 Å². The van der Waals surface area contributed by atoms with E-state index < -0.39 is 230 Å². The maximum atomic E-state index is 14.2. The number of fused-ring (bicyclic) bond motifs is 2. The van der Waals surface area contributed by atoms with E-state index in [0.29, 0.717) is 68.6 Å². The molecule has 0 bridgehead atoms. The summed E-state index contributed by atoms with van der Waals surface area (Å²) >= 11 is 0. The lowest BCUT2D eigenvalue weighted by Gasteiger charge is -2.47. The lowest BCUT2D eigenvalue weighted by molar-refractivity contribution is -0.145. The van der Waals surface area contributed by atoms with Crippen LogP contribution >= 0.6 is 0 Å². The van der Waals surface area contributed by atoms with Crippen LogP contribution in [0.1, 0.15) is 144 Å². The molecule has 2 atom stereocenters. The summed E-state index contributed by atoms with van der Waals surface area (Å²) in [5.41, 5.74) is -17.1. The minimum Gasteiger partial charge on any atom is -0.469 e. The van der Waals surface area contributed by atoms with Gasteiger partial charge in [-0.2, -0.15) is 0 Å². The Morgan fingerprint density at radius 1 is 0.233 bits per heavy atom. The van der Waals surface area contributed by atoms with Gasteiger partial charge < -0.3 is 80.9 Å². The number of carbonyl (C=O) groups is 10. The van der Waals surface area contributed by atoms with Crippen LogP contribution in [0.25, 0.3) is 0 Å². The highest BCUT2D eigenvalue weighted by Gasteiger charge is 2.78. The molecule has 4 aliphatic heterocycles. The minimum atomic E-state index is -1.36. The van der Waals surface area contributed by atoms with Gasteiger partial charge in [0.15, 0.2) is 22.7 Å². The minimum absolute atomic E-state index is 0.0114. The number of urea groups is 4. The van der Waals surface area contributed by atoms with Crippen LogP contribution in [-0.2, 0) is 183 Å². The molecule has 0 radical (unpaired) electrons. The predicted molar refractivity (Wildman–Crippen MR) is 505 cm³/mol. The molecule has 4 fully saturated rings. The summed E-state index contributed by atoms with van der Waals surface area (Å²) in [5, 5.41) is 9.14. The number of methoxy groups -OCH3 is 11. The van der Waals surface area contributed by atoms with Gasteiger partial charge in [-0.25, -0.2) is 132 Å². The fourth-order valence-corrected chi connectivity index (χ4v) is 17.4. The lowest BCUT2D eigenvalue weighted by Crippen LogP contribution is -2.67. The molecule has 8 amide bonds. The molecular formula is C87H140N20O39. The molecule has 4 saturated heterocycles. The molecule has 2 unspecified atom stereocenters. The summed E-state index contributed by atoms with van der Waals surface area (Å²) in [5.74, 6) is -4.79. The number of nitrogens with zero attached hydrogens (tertiary/aromatic N) is 20. The molecule has 0 aromatic carbocycles. The first-order valence-electron chi connectivity index (χ1n) is 47.3. The van der Waals surface area contributed by atoms with Gasteiger partial charge in [0.05, 0.1) is 112 Å². The van der Waals surface area contributed by atoms with E-state index in [2.05, 4.69) is 9.47 Å². The van der Waals surface area contributed by atoms with Crippen molar-refractivity contribution >= 4 is 59.9 Å². The molecule has 0 aliphatic carbocycles. The molecule has 4 aromatic heterocycles. The van der Waals surface area contributed by atoms with Crippen molar-refractivity contribution in [1.82, 2.24) is 94.0 Å². The first-order chi connectivity index (χ1) is 69.8. The molecule has 59 nitrogen and oxygen atoms in total. The number of hydrogen-bond donors (Lipinski definition) is 1. The monoisotopic (exact) mass is 2090 g/mol. The predicted octanol–water partition coefficient (Wildman–Crippen LogP) is -4.20. The van der Waals surface area contributed by atoms with Crippen LogP contribution in [0.5, 0.6) is 0 Å². The smallest absolute Gasteiger partial charge is 0.336 e. The highest BCUT2D eigenvalue weighted by atomic mass is 16.6. The van der Waals surface area contributed by atoms with E-state index in [1.54, 1.807) is 26.5 Å². The first-order valence-corrected chi connectivity index (χ1v) is 47.3. The van der Waals surface area contributed by atoms with Crippen LogP contribution in [0.3, 0.4) is 0 Å². The third-order valence-corrected chi connectivity index (χ3v) is 24.6. The summed E-state index contributed by atoms with van der Waals surface area (Å²) in [4.78, 5) is 299. The van der Waals surface area contributed by atoms with Crippen LogP contribution in [0, 0.1) is 0 Å². The van der Waals surface area contributed by atoms with Crippen molar-refractivity contribution in [3.8, 4) is 0 Å². The van der Waals surface area contributed by atoms with Gasteiger partial charge in [-0.05, 0) is 52.4 Å².